The number of aromatic nitrogens is 3. The second-order valence-electron chi connectivity index (χ2n) is 7.42. The van der Waals surface area contributed by atoms with E-state index in [1.54, 1.807) is 13.1 Å². The molecule has 0 saturated heterocycles. The summed E-state index contributed by atoms with van der Waals surface area (Å²) in [6.45, 7) is 3.96. The zero-order chi connectivity index (χ0) is 22.1. The number of rotatable bonds is 4. The van der Waals surface area contributed by atoms with E-state index in [0.717, 1.165) is 33.3 Å². The quantitative estimate of drug-likeness (QED) is 0.552. The lowest BCUT2D eigenvalue weighted by atomic mass is 10.1. The summed E-state index contributed by atoms with van der Waals surface area (Å²) >= 11 is 0. The van der Waals surface area contributed by atoms with Crippen molar-refractivity contribution in [1.82, 2.24) is 15.0 Å². The lowest BCUT2D eigenvalue weighted by molar-refractivity contribution is 0.0992. The van der Waals surface area contributed by atoms with Crippen molar-refractivity contribution in [3.8, 4) is 11.4 Å². The number of nitrogens with two attached hydrogens (primary N) is 1. The smallest absolute Gasteiger partial charge is 0.267 e. The molecule has 0 aliphatic carbocycles. The summed E-state index contributed by atoms with van der Waals surface area (Å²) in [7, 11) is 1.68. The first kappa shape index (κ1) is 20.2. The van der Waals surface area contributed by atoms with Gasteiger partial charge >= 0.3 is 0 Å². The number of anilines is 1. The normalized spacial score (nSPS) is 10.8. The van der Waals surface area contributed by atoms with Crippen LogP contribution < -0.4 is 10.6 Å². The van der Waals surface area contributed by atoms with E-state index in [9.17, 15) is 9.59 Å². The molecular weight excluding hydrogens is 390 g/mol. The summed E-state index contributed by atoms with van der Waals surface area (Å²) in [5.41, 5.74) is 10.2. The molecule has 4 rings (SSSR count). The van der Waals surface area contributed by atoms with Gasteiger partial charge in [-0.05, 0) is 61.9 Å². The van der Waals surface area contributed by atoms with E-state index in [-0.39, 0.29) is 11.6 Å². The van der Waals surface area contributed by atoms with Gasteiger partial charge in [0, 0.05) is 41.6 Å². The number of aryl methyl sites for hydroxylation is 2. The van der Waals surface area contributed by atoms with Crippen LogP contribution >= 0.6 is 0 Å². The Morgan fingerprint density at radius 3 is 2.52 bits per heavy atom. The molecule has 2 aromatic heterocycles. The molecule has 2 aromatic carbocycles. The highest BCUT2D eigenvalue weighted by Gasteiger charge is 2.17. The highest BCUT2D eigenvalue weighted by Crippen LogP contribution is 2.27. The second kappa shape index (κ2) is 7.95. The van der Waals surface area contributed by atoms with E-state index in [1.807, 2.05) is 50.4 Å². The zero-order valence-electron chi connectivity index (χ0n) is 17.5. The molecule has 2 N–H and O–H groups in total. The zero-order valence-corrected chi connectivity index (χ0v) is 17.5. The lowest BCUT2D eigenvalue weighted by Gasteiger charge is -2.20. The van der Waals surface area contributed by atoms with Crippen molar-refractivity contribution in [2.75, 3.05) is 11.9 Å². The first-order valence-corrected chi connectivity index (χ1v) is 9.72. The Morgan fingerprint density at radius 1 is 0.968 bits per heavy atom. The minimum atomic E-state index is -0.677. The van der Waals surface area contributed by atoms with Crippen LogP contribution in [0.2, 0.25) is 0 Å². The summed E-state index contributed by atoms with van der Waals surface area (Å²) in [5.74, 6) is -0.318. The van der Waals surface area contributed by atoms with E-state index < -0.39 is 5.91 Å². The van der Waals surface area contributed by atoms with E-state index in [2.05, 4.69) is 21.0 Å². The number of pyridine rings is 1. The SMILES string of the molecule is Cc1ccc2nc(-c3ccc(N(C)C(=O)c4ccnc(C(N)=O)c4)c(C)c3)ncc2c1. The van der Waals surface area contributed by atoms with Gasteiger partial charge in [0.1, 0.15) is 5.69 Å². The first-order chi connectivity index (χ1) is 14.8. The van der Waals surface area contributed by atoms with Gasteiger partial charge in [-0.25, -0.2) is 9.97 Å². The molecule has 0 radical (unpaired) electrons. The van der Waals surface area contributed by atoms with Crippen LogP contribution in [0.3, 0.4) is 0 Å². The van der Waals surface area contributed by atoms with E-state index in [0.29, 0.717) is 11.4 Å². The Bertz CT molecular complexity index is 1330. The van der Waals surface area contributed by atoms with Crippen LogP contribution in [-0.4, -0.2) is 33.8 Å². The van der Waals surface area contributed by atoms with Gasteiger partial charge in [0.2, 0.25) is 0 Å². The van der Waals surface area contributed by atoms with Crippen LogP contribution in [0, 0.1) is 13.8 Å². The van der Waals surface area contributed by atoms with Crippen molar-refractivity contribution in [2.24, 2.45) is 5.73 Å². The third-order valence-electron chi connectivity index (χ3n) is 5.12. The van der Waals surface area contributed by atoms with Crippen molar-refractivity contribution in [1.29, 1.82) is 0 Å². The molecule has 2 amide bonds. The minimum Gasteiger partial charge on any atom is -0.364 e. The van der Waals surface area contributed by atoms with Crippen LogP contribution in [0.4, 0.5) is 5.69 Å². The Kier molecular flexibility index (Phi) is 5.17. The molecule has 0 atom stereocenters. The maximum absolute atomic E-state index is 12.9. The van der Waals surface area contributed by atoms with Gasteiger partial charge in [-0.2, -0.15) is 0 Å². The molecule has 7 nitrogen and oxygen atoms in total. The molecule has 154 valence electrons. The maximum Gasteiger partial charge on any atom is 0.267 e. The number of primary amides is 1. The molecule has 2 heterocycles. The fourth-order valence-electron chi connectivity index (χ4n) is 3.46. The third-order valence-corrected chi connectivity index (χ3v) is 5.12. The molecule has 0 bridgehead atoms. The summed E-state index contributed by atoms with van der Waals surface area (Å²) < 4.78 is 0. The van der Waals surface area contributed by atoms with E-state index in [4.69, 9.17) is 5.73 Å². The van der Waals surface area contributed by atoms with Gasteiger partial charge in [-0.1, -0.05) is 11.6 Å². The molecular formula is C24H21N5O2. The largest absolute Gasteiger partial charge is 0.364 e. The van der Waals surface area contributed by atoms with Crippen LogP contribution in [-0.2, 0) is 0 Å². The average molecular weight is 411 g/mol. The fraction of sp³-hybridized carbons (Fsp3) is 0.125. The lowest BCUT2D eigenvalue weighted by Crippen LogP contribution is -2.27. The van der Waals surface area contributed by atoms with Crippen molar-refractivity contribution in [3.05, 3.63) is 83.3 Å². The van der Waals surface area contributed by atoms with Crippen molar-refractivity contribution >= 4 is 28.4 Å². The molecule has 0 saturated carbocycles. The molecule has 0 fully saturated rings. The Hall–Kier alpha value is -4.13. The molecule has 7 heteroatoms. The molecule has 0 aliphatic rings. The van der Waals surface area contributed by atoms with Crippen LogP contribution in [0.5, 0.6) is 0 Å². The number of benzene rings is 2. The fourth-order valence-corrected chi connectivity index (χ4v) is 3.46. The van der Waals surface area contributed by atoms with Crippen molar-refractivity contribution < 1.29 is 9.59 Å². The highest BCUT2D eigenvalue weighted by molar-refractivity contribution is 6.07. The molecule has 4 aromatic rings. The van der Waals surface area contributed by atoms with Crippen LogP contribution in [0.15, 0.2) is 60.9 Å². The predicted octanol–water partition coefficient (Wildman–Crippen LogP) is 3.68. The van der Waals surface area contributed by atoms with Crippen LogP contribution in [0.1, 0.15) is 32.0 Å². The number of fused-ring (bicyclic) bond motifs is 1. The van der Waals surface area contributed by atoms with Gasteiger partial charge in [0.05, 0.1) is 5.52 Å². The van der Waals surface area contributed by atoms with Crippen molar-refractivity contribution in [3.63, 3.8) is 0 Å². The summed E-state index contributed by atoms with van der Waals surface area (Å²) in [5, 5.41) is 0.995. The minimum absolute atomic E-state index is 0.0509. The monoisotopic (exact) mass is 411 g/mol. The number of carbonyl (C=O) groups is 2. The van der Waals surface area contributed by atoms with E-state index in [1.165, 1.54) is 17.2 Å². The summed E-state index contributed by atoms with van der Waals surface area (Å²) in [4.78, 5) is 38.9. The number of nitrogens with zero attached hydrogens (tertiary/aromatic N) is 4. The predicted molar refractivity (Wildman–Crippen MR) is 120 cm³/mol. The molecule has 0 unspecified atom stereocenters. The summed E-state index contributed by atoms with van der Waals surface area (Å²) in [6.07, 6.45) is 3.22. The van der Waals surface area contributed by atoms with Crippen LogP contribution in [0.25, 0.3) is 22.3 Å². The van der Waals surface area contributed by atoms with Gasteiger partial charge < -0.3 is 10.6 Å². The third kappa shape index (κ3) is 3.98. The molecule has 31 heavy (non-hydrogen) atoms. The number of carbonyl (C=O) groups excluding carboxylic acids is 2. The second-order valence-corrected chi connectivity index (χ2v) is 7.42. The van der Waals surface area contributed by atoms with E-state index >= 15 is 0 Å². The molecule has 0 aliphatic heterocycles. The topological polar surface area (TPSA) is 102 Å². The molecule has 0 spiro atoms. The Morgan fingerprint density at radius 2 is 1.77 bits per heavy atom. The summed E-state index contributed by atoms with van der Waals surface area (Å²) in [6, 6.07) is 14.7. The van der Waals surface area contributed by atoms with Gasteiger partial charge in [0.15, 0.2) is 5.82 Å². The maximum atomic E-state index is 12.9. The number of hydrogen-bond donors (Lipinski definition) is 1. The number of amides is 2. The Balaban J connectivity index is 1.64. The Labute approximate surface area is 179 Å². The number of hydrogen-bond acceptors (Lipinski definition) is 5. The highest BCUT2D eigenvalue weighted by atomic mass is 16.2. The standard InChI is InChI=1S/C24H21N5O2/c1-14-4-6-19-18(10-14)13-27-23(28-19)16-5-7-21(15(2)11-16)29(3)24(31)17-8-9-26-20(12-17)22(25)30/h4-13H,1-3H3,(H2,25,30). The first-order valence-electron chi connectivity index (χ1n) is 9.72. The van der Waals surface area contributed by atoms with Gasteiger partial charge in [0.25, 0.3) is 11.8 Å². The van der Waals surface area contributed by atoms with Gasteiger partial charge in [-0.3, -0.25) is 14.6 Å². The van der Waals surface area contributed by atoms with Crippen molar-refractivity contribution in [2.45, 2.75) is 13.8 Å². The van der Waals surface area contributed by atoms with Gasteiger partial charge in [-0.15, -0.1) is 0 Å². The average Bonchev–Trinajstić information content (AvgIpc) is 2.77.